The molecule has 0 aliphatic carbocycles. The predicted octanol–water partition coefficient (Wildman–Crippen LogP) is 7.09. The number of aliphatic hydroxyl groups is 2. The molecule has 0 saturated carbocycles. The summed E-state index contributed by atoms with van der Waals surface area (Å²) >= 11 is 0. The smallest absolute Gasteiger partial charge is 0.164 e. The van der Waals surface area contributed by atoms with E-state index in [9.17, 15) is 30.3 Å². The summed E-state index contributed by atoms with van der Waals surface area (Å²) in [5.41, 5.74) is 8.01. The molecule has 0 unspecified atom stereocenters. The van der Waals surface area contributed by atoms with Crippen LogP contribution in [0, 0.1) is 5.92 Å². The van der Waals surface area contributed by atoms with E-state index in [1.807, 2.05) is 37.4 Å². The monoisotopic (exact) mass is 799 g/mol. The summed E-state index contributed by atoms with van der Waals surface area (Å²) in [7, 11) is 4.81. The number of phenols is 3. The number of aryl methyl sites for hydroxylation is 1. The van der Waals surface area contributed by atoms with Crippen LogP contribution in [0.1, 0.15) is 69.3 Å². The second-order valence-corrected chi connectivity index (χ2v) is 15.3. The van der Waals surface area contributed by atoms with Gasteiger partial charge in [0.25, 0.3) is 0 Å². The number of nitrogens with one attached hydrogen (secondary N) is 1. The van der Waals surface area contributed by atoms with Gasteiger partial charge < -0.3 is 45.3 Å². The van der Waals surface area contributed by atoms with E-state index in [2.05, 4.69) is 35.4 Å². The minimum absolute atomic E-state index is 0.00471. The first-order valence-electron chi connectivity index (χ1n) is 20.2. The maximum Gasteiger partial charge on any atom is 0.164 e. The summed E-state index contributed by atoms with van der Waals surface area (Å²) < 4.78 is 11.3. The Kier molecular flexibility index (Phi) is 14.3. The Morgan fingerprint density at radius 2 is 1.59 bits per heavy atom. The van der Waals surface area contributed by atoms with Gasteiger partial charge in [-0.15, -0.1) is 0 Å². The van der Waals surface area contributed by atoms with E-state index < -0.39 is 17.9 Å². The van der Waals surface area contributed by atoms with Crippen molar-refractivity contribution in [1.82, 2.24) is 10.3 Å². The van der Waals surface area contributed by atoms with Gasteiger partial charge in [0.2, 0.25) is 0 Å². The zero-order chi connectivity index (χ0) is 42.1. The Morgan fingerprint density at radius 1 is 0.797 bits per heavy atom. The zero-order valence-corrected chi connectivity index (χ0v) is 34.2. The van der Waals surface area contributed by atoms with Gasteiger partial charge in [-0.2, -0.15) is 12.4 Å². The van der Waals surface area contributed by atoms with Crippen LogP contribution in [0.25, 0.3) is 10.8 Å². The number of nitrogens with zero attached hydrogens (tertiary/aromatic N) is 1. The highest BCUT2D eigenvalue weighted by molar-refractivity contribution is 5.90. The van der Waals surface area contributed by atoms with Crippen LogP contribution in [0.5, 0.6) is 28.7 Å². The van der Waals surface area contributed by atoms with Crippen LogP contribution in [-0.4, -0.2) is 65.3 Å². The molecule has 0 bridgehead atoms. The first-order chi connectivity index (χ1) is 28.6. The molecule has 59 heavy (non-hydrogen) atoms. The lowest BCUT2D eigenvalue weighted by molar-refractivity contribution is -0.123. The van der Waals surface area contributed by atoms with Crippen LogP contribution in [-0.2, 0) is 49.9 Å². The molecular formula is C49H55N2O8-. The number of hydrogen-bond acceptors (Lipinski definition) is 9. The third kappa shape index (κ3) is 10.1. The number of ketones is 1. The molecule has 1 heterocycles. The second-order valence-electron chi connectivity index (χ2n) is 15.3. The second kappa shape index (κ2) is 19.8. The average molecular weight is 800 g/mol. The maximum atomic E-state index is 14.6. The topological polar surface area (TPSA) is 163 Å². The summed E-state index contributed by atoms with van der Waals surface area (Å²) in [6.45, 7) is 2.60. The van der Waals surface area contributed by atoms with Gasteiger partial charge in [-0.1, -0.05) is 67.1 Å². The fourth-order valence-corrected chi connectivity index (χ4v) is 8.48. The molecule has 5 aromatic carbocycles. The number of hydrogen-bond donors (Lipinski definition) is 6. The third-order valence-corrected chi connectivity index (χ3v) is 11.4. The number of carbonyl (C=O) groups is 1. The number of aromatic nitrogens is 1. The average Bonchev–Trinajstić information content (AvgIpc) is 3.74. The summed E-state index contributed by atoms with van der Waals surface area (Å²) in [5, 5.41) is 59.7. The van der Waals surface area contributed by atoms with Crippen LogP contribution in [0.2, 0.25) is 0 Å². The highest BCUT2D eigenvalue weighted by Gasteiger charge is 2.30. The lowest BCUT2D eigenvalue weighted by Gasteiger charge is -2.27. The molecule has 6 N–H and O–H groups in total. The van der Waals surface area contributed by atoms with E-state index in [4.69, 9.17) is 9.47 Å². The minimum atomic E-state index is -1.09. The molecule has 310 valence electrons. The standard InChI is InChI=1S/C49H55N2O8/c1-5-33-10-11-34-7-6-8-35(16-18-52)48(34)41(33)26-42-36(12-14-44(55)49(42)59-4)24-38(19-31-15-17-51-29-31)45(56)27-46(57)40(22-30-9-13-43(54)47(23-30)58-3)37-20-32(28-50-2)21-39(53)25-37/h6-15,17,20-21,23,25,29,38,40,45,50,52-56H,5,16,18-19,22,24,26-28H2,1-4H3/q-1/t38-,40+,45+/m0/s1. The van der Waals surface area contributed by atoms with Gasteiger partial charge in [0.05, 0.1) is 20.3 Å². The van der Waals surface area contributed by atoms with Crippen molar-refractivity contribution in [2.75, 3.05) is 27.9 Å². The van der Waals surface area contributed by atoms with Crippen molar-refractivity contribution in [3.8, 4) is 28.7 Å². The summed E-state index contributed by atoms with van der Waals surface area (Å²) in [6, 6.07) is 25.9. The maximum absolute atomic E-state index is 14.6. The first-order valence-corrected chi connectivity index (χ1v) is 20.2. The van der Waals surface area contributed by atoms with E-state index in [0.717, 1.165) is 61.7 Å². The van der Waals surface area contributed by atoms with Crippen molar-refractivity contribution in [3.05, 3.63) is 147 Å². The number of phenolic OH excluding ortho intramolecular Hbond substituents is 3. The number of aliphatic hydroxyl groups excluding tert-OH is 2. The minimum Gasteiger partial charge on any atom is -0.670 e. The van der Waals surface area contributed by atoms with Gasteiger partial charge in [-0.3, -0.25) is 4.79 Å². The summed E-state index contributed by atoms with van der Waals surface area (Å²) in [4.78, 5) is 18.9. The third-order valence-electron chi connectivity index (χ3n) is 11.4. The molecule has 6 aromatic rings. The number of Topliss-reactive ketones (excluding diaryl/α,β-unsaturated/α-hetero) is 1. The normalized spacial score (nSPS) is 13.0. The quantitative estimate of drug-likeness (QED) is 0.0471. The lowest BCUT2D eigenvalue weighted by atomic mass is 9.80. The fourth-order valence-electron chi connectivity index (χ4n) is 8.48. The molecule has 0 amide bonds. The Balaban J connectivity index is 1.39. The van der Waals surface area contributed by atoms with E-state index in [1.54, 1.807) is 42.7 Å². The number of rotatable bonds is 20. The number of ether oxygens (including phenoxy) is 2. The Bertz CT molecular complexity index is 2360. The molecule has 0 spiro atoms. The van der Waals surface area contributed by atoms with Crippen molar-refractivity contribution in [1.29, 1.82) is 0 Å². The Hall–Kier alpha value is -5.81. The van der Waals surface area contributed by atoms with Gasteiger partial charge in [0, 0.05) is 37.5 Å². The van der Waals surface area contributed by atoms with Crippen molar-refractivity contribution >= 4 is 16.6 Å². The lowest BCUT2D eigenvalue weighted by Crippen LogP contribution is -2.30. The van der Waals surface area contributed by atoms with Crippen LogP contribution in [0.3, 0.4) is 0 Å². The van der Waals surface area contributed by atoms with Crippen LogP contribution in [0.4, 0.5) is 0 Å². The predicted molar refractivity (Wildman–Crippen MR) is 230 cm³/mol. The SMILES string of the molecule is CCc1ccc2cccc(CCO)c2c1Cc1c(C[C@H](Cc2cc[n-]c2)[C@H](O)CC(=O)[C@H](Cc2ccc(O)c(OC)c2)c2cc(O)cc(CNC)c2)ccc(O)c1OC. The summed E-state index contributed by atoms with van der Waals surface area (Å²) in [5.74, 6) is -0.739. The summed E-state index contributed by atoms with van der Waals surface area (Å²) in [6.07, 6.45) is 4.96. The number of aromatic hydroxyl groups is 3. The van der Waals surface area contributed by atoms with Gasteiger partial charge >= 0.3 is 0 Å². The zero-order valence-electron chi connectivity index (χ0n) is 34.2. The van der Waals surface area contributed by atoms with E-state index in [0.29, 0.717) is 43.5 Å². The highest BCUT2D eigenvalue weighted by atomic mass is 16.5. The largest absolute Gasteiger partial charge is 0.670 e. The molecule has 0 aliphatic rings. The number of fused-ring (bicyclic) bond motifs is 1. The molecule has 0 aliphatic heterocycles. The molecule has 6 rings (SSSR count). The van der Waals surface area contributed by atoms with Crippen molar-refractivity contribution < 1.29 is 39.8 Å². The molecule has 0 radical (unpaired) electrons. The Labute approximate surface area is 346 Å². The Morgan fingerprint density at radius 3 is 2.31 bits per heavy atom. The molecule has 3 atom stereocenters. The number of benzene rings is 5. The highest BCUT2D eigenvalue weighted by Crippen LogP contribution is 2.40. The van der Waals surface area contributed by atoms with Crippen LogP contribution >= 0.6 is 0 Å². The molecule has 1 aromatic heterocycles. The van der Waals surface area contributed by atoms with Gasteiger partial charge in [-0.05, 0) is 125 Å². The molecule has 0 saturated heterocycles. The van der Waals surface area contributed by atoms with Gasteiger partial charge in [-0.25, -0.2) is 0 Å². The van der Waals surface area contributed by atoms with Crippen LogP contribution < -0.4 is 19.8 Å². The molecular weight excluding hydrogens is 745 g/mol. The van der Waals surface area contributed by atoms with Crippen molar-refractivity contribution in [2.24, 2.45) is 5.92 Å². The van der Waals surface area contributed by atoms with E-state index in [-0.39, 0.29) is 48.2 Å². The van der Waals surface area contributed by atoms with Gasteiger partial charge in [0.1, 0.15) is 11.5 Å². The molecule has 10 nitrogen and oxygen atoms in total. The van der Waals surface area contributed by atoms with Crippen molar-refractivity contribution in [2.45, 2.75) is 70.4 Å². The van der Waals surface area contributed by atoms with E-state index in [1.165, 1.54) is 20.3 Å². The number of methoxy groups -OCH3 is 2. The molecule has 0 fully saturated rings. The van der Waals surface area contributed by atoms with Crippen molar-refractivity contribution in [3.63, 3.8) is 0 Å². The van der Waals surface area contributed by atoms with Gasteiger partial charge in [0.15, 0.2) is 23.0 Å². The van der Waals surface area contributed by atoms with Crippen LogP contribution in [0.15, 0.2) is 97.3 Å². The molecule has 10 heteroatoms. The first kappa shape index (κ1) is 42.8. The van der Waals surface area contributed by atoms with E-state index >= 15 is 0 Å². The number of carbonyl (C=O) groups excluding carboxylic acids is 1. The fraction of sp³-hybridized carbons (Fsp3) is 0.327.